The minimum absolute atomic E-state index is 0.654. The average molecular weight is 206 g/mol. The molecule has 2 saturated carbocycles. The Morgan fingerprint density at radius 1 is 1.20 bits per heavy atom. The maximum Gasteiger partial charge on any atom is -0.0107 e. The zero-order valence-corrected chi connectivity index (χ0v) is 11.0. The lowest BCUT2D eigenvalue weighted by Crippen LogP contribution is -2.18. The highest BCUT2D eigenvalue weighted by Crippen LogP contribution is 2.76. The quantitative estimate of drug-likeness (QED) is 0.596. The maximum absolute atomic E-state index is 4.30. The summed E-state index contributed by atoms with van der Waals surface area (Å²) >= 11 is 0. The van der Waals surface area contributed by atoms with E-state index in [-0.39, 0.29) is 0 Å². The summed E-state index contributed by atoms with van der Waals surface area (Å²) in [7, 11) is 0. The Bertz CT molecular complexity index is 274. The van der Waals surface area contributed by atoms with Crippen LogP contribution in [-0.4, -0.2) is 0 Å². The van der Waals surface area contributed by atoms with E-state index in [1.807, 2.05) is 0 Å². The molecule has 4 atom stereocenters. The lowest BCUT2D eigenvalue weighted by Gasteiger charge is -2.25. The third kappa shape index (κ3) is 1.33. The Balaban J connectivity index is 2.20. The molecule has 0 aliphatic heterocycles. The first-order valence-corrected chi connectivity index (χ1v) is 6.60. The Labute approximate surface area is 95.1 Å². The largest absolute Gasteiger partial charge is 0.0995 e. The molecule has 2 fully saturated rings. The summed E-state index contributed by atoms with van der Waals surface area (Å²) in [5.74, 6) is 4.35. The van der Waals surface area contributed by atoms with Gasteiger partial charge in [-0.2, -0.15) is 0 Å². The van der Waals surface area contributed by atoms with Crippen LogP contribution in [0, 0.1) is 35.0 Å². The lowest BCUT2D eigenvalue weighted by molar-refractivity contribution is 0.243. The van der Waals surface area contributed by atoms with Gasteiger partial charge < -0.3 is 0 Å². The molecule has 0 radical (unpaired) electrons. The van der Waals surface area contributed by atoms with E-state index in [0.29, 0.717) is 5.41 Å². The number of hydrogen-bond acceptors (Lipinski definition) is 0. The highest BCUT2D eigenvalue weighted by atomic mass is 14.7. The monoisotopic (exact) mass is 206 g/mol. The molecule has 15 heavy (non-hydrogen) atoms. The second-order valence-electron chi connectivity index (χ2n) is 6.53. The van der Waals surface area contributed by atoms with Gasteiger partial charge in [-0.25, -0.2) is 0 Å². The lowest BCUT2D eigenvalue weighted by atomic mass is 9.80. The number of rotatable bonds is 3. The van der Waals surface area contributed by atoms with Gasteiger partial charge in [-0.05, 0) is 47.8 Å². The molecule has 0 amide bonds. The molecule has 0 nitrogen and oxygen atoms in total. The van der Waals surface area contributed by atoms with Gasteiger partial charge in [0.2, 0.25) is 0 Å². The third-order valence-electron chi connectivity index (χ3n) is 5.46. The van der Waals surface area contributed by atoms with E-state index >= 15 is 0 Å². The molecule has 0 aromatic heterocycles. The van der Waals surface area contributed by atoms with Crippen molar-refractivity contribution in [1.29, 1.82) is 0 Å². The fourth-order valence-electron chi connectivity index (χ4n) is 4.22. The Morgan fingerprint density at radius 2 is 1.80 bits per heavy atom. The Morgan fingerprint density at radius 3 is 2.20 bits per heavy atom. The van der Waals surface area contributed by atoms with Crippen molar-refractivity contribution < 1.29 is 0 Å². The summed E-state index contributed by atoms with van der Waals surface area (Å²) in [6, 6.07) is 0. The molecule has 0 bridgehead atoms. The van der Waals surface area contributed by atoms with Gasteiger partial charge in [-0.15, -0.1) is 0 Å². The Kier molecular flexibility index (Phi) is 2.52. The van der Waals surface area contributed by atoms with Crippen molar-refractivity contribution in [2.45, 2.75) is 47.5 Å². The summed E-state index contributed by atoms with van der Waals surface area (Å²) in [4.78, 5) is 0. The predicted molar refractivity (Wildman–Crippen MR) is 66.6 cm³/mol. The molecule has 0 spiro atoms. The normalized spacial score (nSPS) is 41.1. The minimum Gasteiger partial charge on any atom is -0.0995 e. The van der Waals surface area contributed by atoms with E-state index in [1.165, 1.54) is 12.8 Å². The first kappa shape index (κ1) is 11.2. The van der Waals surface area contributed by atoms with Gasteiger partial charge in [0.25, 0.3) is 0 Å². The standard InChI is InChI=1S/C15H26/c1-9(2)12(6)14-13-11(5)7-8-15(13,14)10(3)4/h9-10,12-14H,5,7-8H2,1-4,6H3/t12-,13?,14+,15?/m1/s1. The second-order valence-corrected chi connectivity index (χ2v) is 6.53. The van der Waals surface area contributed by atoms with Crippen LogP contribution in [0.3, 0.4) is 0 Å². The van der Waals surface area contributed by atoms with E-state index in [4.69, 9.17) is 0 Å². The van der Waals surface area contributed by atoms with Crippen molar-refractivity contribution in [2.75, 3.05) is 0 Å². The smallest absolute Gasteiger partial charge is 0.0107 e. The van der Waals surface area contributed by atoms with Crippen LogP contribution in [0.5, 0.6) is 0 Å². The van der Waals surface area contributed by atoms with Crippen LogP contribution in [0.1, 0.15) is 47.5 Å². The summed E-state index contributed by atoms with van der Waals surface area (Å²) in [5.41, 5.74) is 2.21. The number of allylic oxidation sites excluding steroid dienone is 1. The van der Waals surface area contributed by atoms with Gasteiger partial charge in [-0.1, -0.05) is 46.8 Å². The summed E-state index contributed by atoms with van der Waals surface area (Å²) < 4.78 is 0. The Hall–Kier alpha value is -0.260. The first-order valence-electron chi connectivity index (χ1n) is 6.60. The van der Waals surface area contributed by atoms with Crippen LogP contribution in [-0.2, 0) is 0 Å². The van der Waals surface area contributed by atoms with Gasteiger partial charge in [0.1, 0.15) is 0 Å². The SMILES string of the molecule is C=C1CCC2(C(C)C)C1[C@@H]2[C@H](C)C(C)C. The molecule has 0 aromatic rings. The fraction of sp³-hybridized carbons (Fsp3) is 0.867. The highest BCUT2D eigenvalue weighted by molar-refractivity contribution is 5.31. The van der Waals surface area contributed by atoms with Gasteiger partial charge in [-0.3, -0.25) is 0 Å². The van der Waals surface area contributed by atoms with Gasteiger partial charge >= 0.3 is 0 Å². The first-order chi connectivity index (χ1) is 6.93. The number of fused-ring (bicyclic) bond motifs is 1. The van der Waals surface area contributed by atoms with Crippen molar-refractivity contribution in [3.63, 3.8) is 0 Å². The predicted octanol–water partition coefficient (Wildman–Crippen LogP) is 4.52. The van der Waals surface area contributed by atoms with Gasteiger partial charge in [0.05, 0.1) is 0 Å². The van der Waals surface area contributed by atoms with Crippen molar-refractivity contribution in [2.24, 2.45) is 35.0 Å². The van der Waals surface area contributed by atoms with Crippen molar-refractivity contribution >= 4 is 0 Å². The van der Waals surface area contributed by atoms with E-state index in [2.05, 4.69) is 41.2 Å². The van der Waals surface area contributed by atoms with Crippen LogP contribution in [0.25, 0.3) is 0 Å². The molecule has 2 rings (SSSR count). The maximum atomic E-state index is 4.30. The van der Waals surface area contributed by atoms with Gasteiger partial charge in [0.15, 0.2) is 0 Å². The summed E-state index contributed by atoms with van der Waals surface area (Å²) in [5, 5.41) is 0. The minimum atomic E-state index is 0.654. The summed E-state index contributed by atoms with van der Waals surface area (Å²) in [6.07, 6.45) is 2.71. The second kappa shape index (κ2) is 3.37. The zero-order chi connectivity index (χ0) is 11.4. The zero-order valence-electron chi connectivity index (χ0n) is 11.0. The topological polar surface area (TPSA) is 0 Å². The van der Waals surface area contributed by atoms with Gasteiger partial charge in [0, 0.05) is 0 Å². The third-order valence-corrected chi connectivity index (χ3v) is 5.46. The van der Waals surface area contributed by atoms with E-state index in [1.54, 1.807) is 5.57 Å². The van der Waals surface area contributed by atoms with Crippen molar-refractivity contribution in [3.8, 4) is 0 Å². The van der Waals surface area contributed by atoms with Crippen LogP contribution in [0.4, 0.5) is 0 Å². The molecule has 0 saturated heterocycles. The molecule has 0 heteroatoms. The molecule has 2 aliphatic rings. The van der Waals surface area contributed by atoms with Crippen LogP contribution in [0.15, 0.2) is 12.2 Å². The van der Waals surface area contributed by atoms with Crippen LogP contribution >= 0.6 is 0 Å². The number of hydrogen-bond donors (Lipinski definition) is 0. The summed E-state index contributed by atoms with van der Waals surface area (Å²) in [6.45, 7) is 16.3. The highest BCUT2D eigenvalue weighted by Gasteiger charge is 2.70. The molecule has 86 valence electrons. The molecule has 0 aromatic carbocycles. The molecule has 2 unspecified atom stereocenters. The van der Waals surface area contributed by atoms with Crippen molar-refractivity contribution in [1.82, 2.24) is 0 Å². The molecule has 0 heterocycles. The van der Waals surface area contributed by atoms with E-state index in [0.717, 1.165) is 29.6 Å². The van der Waals surface area contributed by atoms with E-state index in [9.17, 15) is 0 Å². The molecular formula is C15H26. The molecule has 2 aliphatic carbocycles. The van der Waals surface area contributed by atoms with Crippen LogP contribution < -0.4 is 0 Å². The molecular weight excluding hydrogens is 180 g/mol. The fourth-order valence-corrected chi connectivity index (χ4v) is 4.22. The van der Waals surface area contributed by atoms with Crippen LogP contribution in [0.2, 0.25) is 0 Å². The van der Waals surface area contributed by atoms with E-state index < -0.39 is 0 Å². The van der Waals surface area contributed by atoms with Crippen molar-refractivity contribution in [3.05, 3.63) is 12.2 Å². The average Bonchev–Trinajstić information content (AvgIpc) is 2.72. The molecule has 0 N–H and O–H groups in total.